The molecule has 3 nitrogen and oxygen atoms in total. The highest BCUT2D eigenvalue weighted by Gasteiger charge is 2.48. The van der Waals surface area contributed by atoms with Crippen LogP contribution in [-0.2, 0) is 10.2 Å². The maximum atomic E-state index is 13.0. The lowest BCUT2D eigenvalue weighted by atomic mass is 9.64. The molecule has 4 heteroatoms. The number of hydrogen-bond acceptors (Lipinski definition) is 2. The molecule has 2 aromatic carbocycles. The lowest BCUT2D eigenvalue weighted by molar-refractivity contribution is -0.122. The maximum absolute atomic E-state index is 13.0. The van der Waals surface area contributed by atoms with E-state index in [1.54, 1.807) is 0 Å². The molecule has 146 valence electrons. The van der Waals surface area contributed by atoms with Gasteiger partial charge in [0.15, 0.2) is 0 Å². The quantitative estimate of drug-likeness (QED) is 0.750. The van der Waals surface area contributed by atoms with Crippen LogP contribution in [0.15, 0.2) is 48.5 Å². The van der Waals surface area contributed by atoms with Crippen molar-refractivity contribution in [2.24, 2.45) is 11.8 Å². The molecular formula is C24H27ClN2O. The predicted molar refractivity (Wildman–Crippen MR) is 114 cm³/mol. The van der Waals surface area contributed by atoms with Gasteiger partial charge in [-0.1, -0.05) is 41.9 Å². The van der Waals surface area contributed by atoms with E-state index in [2.05, 4.69) is 29.2 Å². The minimum atomic E-state index is -0.416. The van der Waals surface area contributed by atoms with E-state index in [0.29, 0.717) is 5.92 Å². The molecule has 0 aromatic heterocycles. The highest BCUT2D eigenvalue weighted by Crippen LogP contribution is 2.51. The van der Waals surface area contributed by atoms with Crippen LogP contribution >= 0.6 is 11.6 Å². The summed E-state index contributed by atoms with van der Waals surface area (Å²) in [5.41, 5.74) is 3.27. The summed E-state index contributed by atoms with van der Waals surface area (Å²) in [6.45, 7) is 8.13. The number of para-hydroxylation sites is 1. The van der Waals surface area contributed by atoms with Gasteiger partial charge in [-0.2, -0.15) is 0 Å². The first kappa shape index (κ1) is 18.2. The molecule has 0 spiro atoms. The van der Waals surface area contributed by atoms with Crippen LogP contribution in [0.25, 0.3) is 0 Å². The highest BCUT2D eigenvalue weighted by molar-refractivity contribution is 6.30. The minimum absolute atomic E-state index is 0.231. The monoisotopic (exact) mass is 394 g/mol. The van der Waals surface area contributed by atoms with Gasteiger partial charge >= 0.3 is 0 Å². The number of benzene rings is 2. The van der Waals surface area contributed by atoms with Crippen LogP contribution < -0.4 is 4.90 Å². The third-order valence-corrected chi connectivity index (χ3v) is 7.48. The molecule has 2 aliphatic heterocycles. The van der Waals surface area contributed by atoms with Gasteiger partial charge in [0.25, 0.3) is 0 Å². The minimum Gasteiger partial charge on any atom is -0.310 e. The highest BCUT2D eigenvalue weighted by atomic mass is 35.5. The summed E-state index contributed by atoms with van der Waals surface area (Å²) >= 11 is 6.04. The van der Waals surface area contributed by atoms with E-state index in [9.17, 15) is 4.79 Å². The summed E-state index contributed by atoms with van der Waals surface area (Å²) in [6.07, 6.45) is 1.28. The standard InChI is InChI=1S/C24H27ClN2O/c1-24(2)21-5-3-4-6-22(21)27(23(24)28)12-11-26-14-17-13-19(20(17)15-26)16-7-9-18(25)10-8-16/h3-10,17,19-20H,11-15H2,1-2H3. The van der Waals surface area contributed by atoms with E-state index in [1.165, 1.54) is 18.5 Å². The SMILES string of the molecule is CC1(C)C(=O)N(CCN2CC3CC(c4ccc(Cl)cc4)C3C2)c2ccccc21. The number of amides is 1. The molecule has 2 heterocycles. The van der Waals surface area contributed by atoms with E-state index < -0.39 is 5.41 Å². The third-order valence-electron chi connectivity index (χ3n) is 7.23. The third kappa shape index (κ3) is 2.79. The lowest BCUT2D eigenvalue weighted by Gasteiger charge is -2.40. The molecule has 0 radical (unpaired) electrons. The number of carbonyl (C=O) groups is 1. The number of hydrogen-bond donors (Lipinski definition) is 0. The molecule has 5 rings (SSSR count). The Bertz CT molecular complexity index is 907. The Balaban J connectivity index is 1.23. The second-order valence-corrected chi connectivity index (χ2v) is 9.61. The molecule has 0 bridgehead atoms. The van der Waals surface area contributed by atoms with E-state index in [4.69, 9.17) is 11.6 Å². The molecular weight excluding hydrogens is 368 g/mol. The van der Waals surface area contributed by atoms with Crippen molar-refractivity contribution in [3.8, 4) is 0 Å². The zero-order chi connectivity index (χ0) is 19.5. The van der Waals surface area contributed by atoms with Crippen LogP contribution in [0, 0.1) is 11.8 Å². The molecule has 3 atom stereocenters. The van der Waals surface area contributed by atoms with Gasteiger partial charge in [0, 0.05) is 36.9 Å². The van der Waals surface area contributed by atoms with Gasteiger partial charge in [0.1, 0.15) is 0 Å². The van der Waals surface area contributed by atoms with Crippen LogP contribution in [0.3, 0.4) is 0 Å². The van der Waals surface area contributed by atoms with Crippen LogP contribution in [0.5, 0.6) is 0 Å². The van der Waals surface area contributed by atoms with Gasteiger partial charge in [0.2, 0.25) is 5.91 Å². The van der Waals surface area contributed by atoms with Crippen molar-refractivity contribution in [2.45, 2.75) is 31.6 Å². The summed E-state index contributed by atoms with van der Waals surface area (Å²) < 4.78 is 0. The van der Waals surface area contributed by atoms with Crippen LogP contribution in [0.2, 0.25) is 5.02 Å². The Morgan fingerprint density at radius 1 is 1.04 bits per heavy atom. The molecule has 1 saturated carbocycles. The van der Waals surface area contributed by atoms with Gasteiger partial charge in [0.05, 0.1) is 5.41 Å². The van der Waals surface area contributed by atoms with Gasteiger partial charge in [-0.25, -0.2) is 0 Å². The number of likely N-dealkylation sites (tertiary alicyclic amines) is 1. The van der Waals surface area contributed by atoms with Crippen molar-refractivity contribution in [1.82, 2.24) is 4.90 Å². The molecule has 3 unspecified atom stereocenters. The van der Waals surface area contributed by atoms with E-state index in [1.807, 2.05) is 43.0 Å². The topological polar surface area (TPSA) is 23.6 Å². The largest absolute Gasteiger partial charge is 0.310 e. The van der Waals surface area contributed by atoms with Gasteiger partial charge in [-0.05, 0) is 67.3 Å². The fourth-order valence-electron chi connectivity index (χ4n) is 5.54. The van der Waals surface area contributed by atoms with Crippen molar-refractivity contribution in [3.05, 3.63) is 64.7 Å². The molecule has 3 aliphatic rings. The van der Waals surface area contributed by atoms with E-state index in [-0.39, 0.29) is 5.91 Å². The second-order valence-electron chi connectivity index (χ2n) is 9.18. The Morgan fingerprint density at radius 2 is 1.79 bits per heavy atom. The van der Waals surface area contributed by atoms with Crippen LogP contribution in [0.4, 0.5) is 5.69 Å². The summed E-state index contributed by atoms with van der Waals surface area (Å²) in [5.74, 6) is 2.45. The number of fused-ring (bicyclic) bond motifs is 2. The normalized spacial score (nSPS) is 28.2. The Kier molecular flexibility index (Phi) is 4.29. The number of nitrogens with zero attached hydrogens (tertiary/aromatic N) is 2. The molecule has 1 saturated heterocycles. The van der Waals surface area contributed by atoms with Crippen LogP contribution in [-0.4, -0.2) is 37.0 Å². The van der Waals surface area contributed by atoms with Crippen molar-refractivity contribution in [2.75, 3.05) is 31.1 Å². The fraction of sp³-hybridized carbons (Fsp3) is 0.458. The first-order valence-corrected chi connectivity index (χ1v) is 10.7. The Hall–Kier alpha value is -1.84. The summed E-state index contributed by atoms with van der Waals surface area (Å²) in [6, 6.07) is 16.7. The van der Waals surface area contributed by atoms with Crippen molar-refractivity contribution >= 4 is 23.2 Å². The molecule has 0 N–H and O–H groups in total. The van der Waals surface area contributed by atoms with Crippen LogP contribution in [0.1, 0.15) is 37.3 Å². The summed E-state index contributed by atoms with van der Waals surface area (Å²) in [4.78, 5) is 17.6. The predicted octanol–water partition coefficient (Wildman–Crippen LogP) is 4.70. The Morgan fingerprint density at radius 3 is 2.57 bits per heavy atom. The van der Waals surface area contributed by atoms with Crippen molar-refractivity contribution in [1.29, 1.82) is 0 Å². The first-order chi connectivity index (χ1) is 13.4. The number of anilines is 1. The van der Waals surface area contributed by atoms with Crippen molar-refractivity contribution in [3.63, 3.8) is 0 Å². The molecule has 2 aromatic rings. The summed E-state index contributed by atoms with van der Waals surface area (Å²) in [5, 5.41) is 0.811. The fourth-order valence-corrected chi connectivity index (χ4v) is 5.66. The second kappa shape index (κ2) is 6.60. The van der Waals surface area contributed by atoms with E-state index in [0.717, 1.165) is 47.7 Å². The first-order valence-electron chi connectivity index (χ1n) is 10.3. The lowest BCUT2D eigenvalue weighted by Crippen LogP contribution is -2.40. The molecule has 2 fully saturated rings. The molecule has 1 amide bonds. The average molecular weight is 395 g/mol. The number of carbonyl (C=O) groups excluding carboxylic acids is 1. The molecule has 28 heavy (non-hydrogen) atoms. The summed E-state index contributed by atoms with van der Waals surface area (Å²) in [7, 11) is 0. The number of halogens is 1. The zero-order valence-corrected chi connectivity index (χ0v) is 17.3. The van der Waals surface area contributed by atoms with Gasteiger partial charge in [-0.15, -0.1) is 0 Å². The zero-order valence-electron chi connectivity index (χ0n) is 16.6. The Labute approximate surface area is 172 Å². The number of rotatable bonds is 4. The van der Waals surface area contributed by atoms with Gasteiger partial charge < -0.3 is 9.80 Å². The van der Waals surface area contributed by atoms with Gasteiger partial charge in [-0.3, -0.25) is 4.79 Å². The maximum Gasteiger partial charge on any atom is 0.237 e. The molecule has 1 aliphatic carbocycles. The smallest absolute Gasteiger partial charge is 0.237 e. The van der Waals surface area contributed by atoms with E-state index >= 15 is 0 Å². The average Bonchev–Trinajstić information content (AvgIpc) is 3.09. The van der Waals surface area contributed by atoms with Crippen molar-refractivity contribution < 1.29 is 4.79 Å².